The lowest BCUT2D eigenvalue weighted by Gasteiger charge is -2.22. The van der Waals surface area contributed by atoms with Crippen molar-refractivity contribution in [3.63, 3.8) is 0 Å². The van der Waals surface area contributed by atoms with Crippen LogP contribution in [0.25, 0.3) is 0 Å². The second-order valence-corrected chi connectivity index (χ2v) is 4.44. The summed E-state index contributed by atoms with van der Waals surface area (Å²) in [7, 11) is 1.40. The van der Waals surface area contributed by atoms with E-state index in [2.05, 4.69) is 5.32 Å². The van der Waals surface area contributed by atoms with E-state index in [1.54, 1.807) is 13.8 Å². The lowest BCUT2D eigenvalue weighted by Crippen LogP contribution is -2.34. The summed E-state index contributed by atoms with van der Waals surface area (Å²) in [6.07, 6.45) is 0. The van der Waals surface area contributed by atoms with E-state index in [0.29, 0.717) is 6.54 Å². The SMILES string of the molecule is CCN(CC(C)C#N)C(=O)c1cc(F)c(NC)c(F)c1. The highest BCUT2D eigenvalue weighted by molar-refractivity contribution is 5.94. The van der Waals surface area contributed by atoms with Gasteiger partial charge in [-0.05, 0) is 26.0 Å². The molecule has 0 radical (unpaired) electrons. The van der Waals surface area contributed by atoms with Crippen LogP contribution in [0.1, 0.15) is 24.2 Å². The molecular weight excluding hydrogens is 264 g/mol. The smallest absolute Gasteiger partial charge is 0.254 e. The van der Waals surface area contributed by atoms with Gasteiger partial charge in [0, 0.05) is 25.7 Å². The predicted molar refractivity (Wildman–Crippen MR) is 72.3 cm³/mol. The monoisotopic (exact) mass is 281 g/mol. The normalized spacial score (nSPS) is 11.6. The van der Waals surface area contributed by atoms with Gasteiger partial charge in [0.2, 0.25) is 0 Å². The van der Waals surface area contributed by atoms with Crippen molar-refractivity contribution in [3.05, 3.63) is 29.3 Å². The number of hydrogen-bond donors (Lipinski definition) is 1. The van der Waals surface area contributed by atoms with Gasteiger partial charge in [-0.15, -0.1) is 0 Å². The largest absolute Gasteiger partial charge is 0.383 e. The minimum atomic E-state index is -0.819. The van der Waals surface area contributed by atoms with Crippen LogP contribution in [0.3, 0.4) is 0 Å². The van der Waals surface area contributed by atoms with Crippen LogP contribution in [-0.4, -0.2) is 30.9 Å². The average Bonchev–Trinajstić information content (AvgIpc) is 2.43. The van der Waals surface area contributed by atoms with Gasteiger partial charge in [0.1, 0.15) is 17.3 Å². The molecule has 1 aromatic rings. The Bertz CT molecular complexity index is 517. The molecule has 0 aliphatic rings. The Balaban J connectivity index is 3.05. The molecule has 0 saturated carbocycles. The maximum atomic E-state index is 13.6. The maximum absolute atomic E-state index is 13.6. The van der Waals surface area contributed by atoms with E-state index in [0.717, 1.165) is 12.1 Å². The van der Waals surface area contributed by atoms with E-state index in [1.165, 1.54) is 11.9 Å². The van der Waals surface area contributed by atoms with E-state index < -0.39 is 17.5 Å². The van der Waals surface area contributed by atoms with Gasteiger partial charge in [-0.25, -0.2) is 8.78 Å². The molecule has 1 N–H and O–H groups in total. The standard InChI is InChI=1S/C14H17F2N3O/c1-4-19(8-9(2)7-17)14(20)10-5-11(15)13(18-3)12(16)6-10/h5-6,9,18H,4,8H2,1-3H3. The number of hydrogen-bond acceptors (Lipinski definition) is 3. The van der Waals surface area contributed by atoms with E-state index in [1.807, 2.05) is 6.07 Å². The zero-order valence-electron chi connectivity index (χ0n) is 11.7. The summed E-state index contributed by atoms with van der Waals surface area (Å²) in [6, 6.07) is 4.02. The molecule has 0 saturated heterocycles. The molecular formula is C14H17F2N3O. The summed E-state index contributed by atoms with van der Waals surface area (Å²) in [5.41, 5.74) is -0.332. The van der Waals surface area contributed by atoms with Gasteiger partial charge < -0.3 is 10.2 Å². The number of benzene rings is 1. The van der Waals surface area contributed by atoms with Crippen molar-refractivity contribution in [2.24, 2.45) is 5.92 Å². The third-order valence-electron chi connectivity index (χ3n) is 2.92. The van der Waals surface area contributed by atoms with Gasteiger partial charge in [0.25, 0.3) is 5.91 Å². The number of amides is 1. The van der Waals surface area contributed by atoms with Crippen molar-refractivity contribution in [2.45, 2.75) is 13.8 Å². The van der Waals surface area contributed by atoms with Crippen LogP contribution in [0.15, 0.2) is 12.1 Å². The molecule has 0 fully saturated rings. The molecule has 6 heteroatoms. The summed E-state index contributed by atoms with van der Waals surface area (Å²) in [5.74, 6) is -2.47. The Morgan fingerprint density at radius 3 is 2.40 bits per heavy atom. The second kappa shape index (κ2) is 6.85. The highest BCUT2D eigenvalue weighted by Crippen LogP contribution is 2.21. The van der Waals surface area contributed by atoms with E-state index in [4.69, 9.17) is 5.26 Å². The van der Waals surface area contributed by atoms with E-state index in [-0.39, 0.29) is 23.7 Å². The molecule has 1 rings (SSSR count). The topological polar surface area (TPSA) is 56.1 Å². The molecule has 108 valence electrons. The number of carbonyl (C=O) groups excluding carboxylic acids is 1. The molecule has 1 amide bonds. The van der Waals surface area contributed by atoms with Gasteiger partial charge in [-0.1, -0.05) is 0 Å². The summed E-state index contributed by atoms with van der Waals surface area (Å²) in [6.45, 7) is 4.02. The summed E-state index contributed by atoms with van der Waals surface area (Å²) in [5, 5.41) is 11.2. The maximum Gasteiger partial charge on any atom is 0.254 e. The predicted octanol–water partition coefficient (Wildman–Crippen LogP) is 2.63. The molecule has 0 aromatic heterocycles. The first-order chi connectivity index (χ1) is 9.44. The second-order valence-electron chi connectivity index (χ2n) is 4.44. The zero-order chi connectivity index (χ0) is 15.3. The van der Waals surface area contributed by atoms with Crippen LogP contribution in [0.2, 0.25) is 0 Å². The van der Waals surface area contributed by atoms with Crippen molar-refractivity contribution < 1.29 is 13.6 Å². The number of carbonyl (C=O) groups is 1. The Hall–Kier alpha value is -2.16. The summed E-state index contributed by atoms with van der Waals surface area (Å²) < 4.78 is 27.3. The first-order valence-corrected chi connectivity index (χ1v) is 6.30. The molecule has 0 spiro atoms. The van der Waals surface area contributed by atoms with Crippen molar-refractivity contribution in [1.29, 1.82) is 5.26 Å². The van der Waals surface area contributed by atoms with Crippen LogP contribution >= 0.6 is 0 Å². The Kier molecular flexibility index (Phi) is 5.44. The number of nitrogens with zero attached hydrogens (tertiary/aromatic N) is 2. The quantitative estimate of drug-likeness (QED) is 0.902. The fourth-order valence-corrected chi connectivity index (χ4v) is 1.85. The van der Waals surface area contributed by atoms with Crippen LogP contribution in [0, 0.1) is 28.9 Å². The lowest BCUT2D eigenvalue weighted by molar-refractivity contribution is 0.0751. The van der Waals surface area contributed by atoms with Gasteiger partial charge in [0.15, 0.2) is 0 Å². The molecule has 4 nitrogen and oxygen atoms in total. The van der Waals surface area contributed by atoms with Gasteiger partial charge in [-0.3, -0.25) is 4.79 Å². The lowest BCUT2D eigenvalue weighted by atomic mass is 10.1. The fourth-order valence-electron chi connectivity index (χ4n) is 1.85. The first kappa shape index (κ1) is 15.9. The number of anilines is 1. The van der Waals surface area contributed by atoms with Gasteiger partial charge >= 0.3 is 0 Å². The first-order valence-electron chi connectivity index (χ1n) is 6.30. The minimum Gasteiger partial charge on any atom is -0.383 e. The molecule has 0 heterocycles. The van der Waals surface area contributed by atoms with E-state index in [9.17, 15) is 13.6 Å². The van der Waals surface area contributed by atoms with Crippen molar-refractivity contribution in [3.8, 4) is 6.07 Å². The van der Waals surface area contributed by atoms with E-state index >= 15 is 0 Å². The molecule has 0 aliphatic carbocycles. The van der Waals surface area contributed by atoms with Crippen molar-refractivity contribution in [2.75, 3.05) is 25.5 Å². The third-order valence-corrected chi connectivity index (χ3v) is 2.92. The molecule has 20 heavy (non-hydrogen) atoms. The number of rotatable bonds is 5. The Morgan fingerprint density at radius 2 is 2.00 bits per heavy atom. The van der Waals surface area contributed by atoms with Gasteiger partial charge in [0.05, 0.1) is 12.0 Å². The van der Waals surface area contributed by atoms with Crippen molar-refractivity contribution >= 4 is 11.6 Å². The zero-order valence-corrected chi connectivity index (χ0v) is 11.7. The van der Waals surface area contributed by atoms with Crippen LogP contribution in [-0.2, 0) is 0 Å². The molecule has 0 aliphatic heterocycles. The number of nitrogens with one attached hydrogen (secondary N) is 1. The number of halogens is 2. The molecule has 0 bridgehead atoms. The molecule has 1 unspecified atom stereocenters. The number of nitriles is 1. The summed E-state index contributed by atoms with van der Waals surface area (Å²) >= 11 is 0. The van der Waals surface area contributed by atoms with Gasteiger partial charge in [-0.2, -0.15) is 5.26 Å². The minimum absolute atomic E-state index is 0.0639. The Morgan fingerprint density at radius 1 is 1.45 bits per heavy atom. The average molecular weight is 281 g/mol. The van der Waals surface area contributed by atoms with Crippen LogP contribution in [0.4, 0.5) is 14.5 Å². The van der Waals surface area contributed by atoms with Crippen LogP contribution < -0.4 is 5.32 Å². The summed E-state index contributed by atoms with van der Waals surface area (Å²) in [4.78, 5) is 13.6. The highest BCUT2D eigenvalue weighted by Gasteiger charge is 2.20. The van der Waals surface area contributed by atoms with Crippen LogP contribution in [0.5, 0.6) is 0 Å². The third kappa shape index (κ3) is 3.44. The fraction of sp³-hybridized carbons (Fsp3) is 0.429. The Labute approximate surface area is 117 Å². The molecule has 1 aromatic carbocycles. The van der Waals surface area contributed by atoms with Crippen molar-refractivity contribution in [1.82, 2.24) is 4.90 Å². The molecule has 1 atom stereocenters. The highest BCUT2D eigenvalue weighted by atomic mass is 19.1.